The summed E-state index contributed by atoms with van der Waals surface area (Å²) in [4.78, 5) is 13.6. The fourth-order valence-corrected chi connectivity index (χ4v) is 5.89. The van der Waals surface area contributed by atoms with Crippen LogP contribution in [0.4, 0.5) is 5.69 Å². The summed E-state index contributed by atoms with van der Waals surface area (Å²) in [5, 5.41) is 21.9. The van der Waals surface area contributed by atoms with Crippen LogP contribution >= 0.6 is 0 Å². The van der Waals surface area contributed by atoms with Crippen molar-refractivity contribution in [3.8, 4) is 0 Å². The first-order chi connectivity index (χ1) is 19.8. The van der Waals surface area contributed by atoms with Crippen molar-refractivity contribution in [2.75, 3.05) is 25.5 Å². The smallest absolute Gasteiger partial charge is 0.251 e. The lowest BCUT2D eigenvalue weighted by Crippen LogP contribution is -2.50. The molecule has 1 heterocycles. The third-order valence-electron chi connectivity index (χ3n) is 8.52. The Kier molecular flexibility index (Phi) is 9.43. The number of aliphatic hydroxyl groups excluding tert-OH is 1. The number of fused-ring (bicyclic) bond motifs is 4. The van der Waals surface area contributed by atoms with Crippen LogP contribution in [0, 0.1) is 0 Å². The summed E-state index contributed by atoms with van der Waals surface area (Å²) in [6, 6.07) is 22.8. The van der Waals surface area contributed by atoms with Crippen molar-refractivity contribution in [2.45, 2.75) is 82.6 Å². The third kappa shape index (κ3) is 7.56. The van der Waals surface area contributed by atoms with Crippen LogP contribution in [0.3, 0.4) is 0 Å². The molecule has 218 valence electrons. The van der Waals surface area contributed by atoms with Crippen molar-refractivity contribution < 1.29 is 14.6 Å². The highest BCUT2D eigenvalue weighted by molar-refractivity contribution is 5.95. The first-order valence-corrected chi connectivity index (χ1v) is 15.1. The molecule has 1 aliphatic carbocycles. The van der Waals surface area contributed by atoms with E-state index < -0.39 is 12.1 Å². The second kappa shape index (κ2) is 13.2. The van der Waals surface area contributed by atoms with E-state index in [1.807, 2.05) is 18.2 Å². The van der Waals surface area contributed by atoms with Crippen molar-refractivity contribution in [2.24, 2.45) is 0 Å². The predicted molar refractivity (Wildman–Crippen MR) is 165 cm³/mol. The van der Waals surface area contributed by atoms with Crippen LogP contribution in [0.1, 0.15) is 83.6 Å². The number of amides is 1. The molecule has 4 bridgehead atoms. The quantitative estimate of drug-likeness (QED) is 0.287. The number of hydrogen-bond donors (Lipinski definition) is 4. The Labute approximate surface area is 244 Å². The van der Waals surface area contributed by atoms with Crippen molar-refractivity contribution >= 4 is 11.6 Å². The molecular weight excluding hydrogens is 510 g/mol. The van der Waals surface area contributed by atoms with E-state index in [2.05, 4.69) is 78.3 Å². The SMILES string of the molecule is COCc1cc2cc(c1)C(=O)N[C@H]([C@H](O)CNC1(c3cccc(C(C)C)c3)CC1)Cc1cccc(c1)CCCCN2. The van der Waals surface area contributed by atoms with E-state index in [9.17, 15) is 9.90 Å². The van der Waals surface area contributed by atoms with Gasteiger partial charge in [0.25, 0.3) is 5.91 Å². The summed E-state index contributed by atoms with van der Waals surface area (Å²) < 4.78 is 5.37. The Bertz CT molecular complexity index is 1330. The first kappa shape index (κ1) is 29.3. The number of hydrogen-bond acceptors (Lipinski definition) is 5. The first-order valence-electron chi connectivity index (χ1n) is 15.1. The lowest BCUT2D eigenvalue weighted by Gasteiger charge is -2.28. The van der Waals surface area contributed by atoms with E-state index in [4.69, 9.17) is 4.74 Å². The zero-order chi connectivity index (χ0) is 28.8. The number of benzene rings is 3. The summed E-state index contributed by atoms with van der Waals surface area (Å²) in [6.45, 7) is 6.09. The monoisotopic (exact) mass is 555 g/mol. The molecule has 0 unspecified atom stereocenters. The second-order valence-electron chi connectivity index (χ2n) is 12.2. The molecule has 41 heavy (non-hydrogen) atoms. The summed E-state index contributed by atoms with van der Waals surface area (Å²) in [6.07, 6.45) is 5.00. The number of carbonyl (C=O) groups excluding carboxylic acids is 1. The molecular formula is C35H45N3O3. The van der Waals surface area contributed by atoms with Gasteiger partial charge in [-0.3, -0.25) is 4.79 Å². The van der Waals surface area contributed by atoms with Crippen LogP contribution in [0.25, 0.3) is 0 Å². The number of aryl methyl sites for hydroxylation is 1. The largest absolute Gasteiger partial charge is 0.390 e. The van der Waals surface area contributed by atoms with Gasteiger partial charge in [0.1, 0.15) is 0 Å². The van der Waals surface area contributed by atoms with E-state index in [1.165, 1.54) is 16.7 Å². The summed E-state index contributed by atoms with van der Waals surface area (Å²) in [5.74, 6) is 0.279. The van der Waals surface area contributed by atoms with E-state index in [0.29, 0.717) is 31.1 Å². The second-order valence-corrected chi connectivity index (χ2v) is 12.2. The van der Waals surface area contributed by atoms with Crippen LogP contribution in [-0.4, -0.2) is 43.4 Å². The Balaban J connectivity index is 1.38. The van der Waals surface area contributed by atoms with Gasteiger partial charge in [-0.25, -0.2) is 0 Å². The molecule has 3 aromatic carbocycles. The lowest BCUT2D eigenvalue weighted by molar-refractivity contribution is 0.0822. The standard InChI is InChI=1S/C35H45N3O3/c1-24(2)28-11-7-12-30(20-28)35(13-14-35)37-22-33(39)32-19-26-10-6-9-25(16-26)8-4-5-15-36-31-18-27(23-41-3)17-29(21-31)34(40)38-32/h6-7,9-12,16-18,20-21,24,32-33,36-37,39H,4-5,8,13-15,19,22-23H2,1-3H3,(H,38,40)/t32-,33+/m0/s1. The molecule has 1 fully saturated rings. The highest BCUT2D eigenvalue weighted by Gasteiger charge is 2.44. The highest BCUT2D eigenvalue weighted by Crippen LogP contribution is 2.46. The molecule has 4 N–H and O–H groups in total. The average molecular weight is 556 g/mol. The van der Waals surface area contributed by atoms with E-state index in [1.54, 1.807) is 7.11 Å². The summed E-state index contributed by atoms with van der Waals surface area (Å²) in [5.41, 5.74) is 7.35. The van der Waals surface area contributed by atoms with Crippen molar-refractivity contribution in [1.29, 1.82) is 0 Å². The molecule has 0 spiro atoms. The molecule has 5 rings (SSSR count). The van der Waals surface area contributed by atoms with Gasteiger partial charge in [0.15, 0.2) is 0 Å². The van der Waals surface area contributed by atoms with E-state index in [-0.39, 0.29) is 11.4 Å². The molecule has 0 radical (unpaired) electrons. The Morgan fingerprint density at radius 3 is 2.61 bits per heavy atom. The number of aliphatic hydroxyl groups is 1. The van der Waals surface area contributed by atoms with Gasteiger partial charge in [0.2, 0.25) is 0 Å². The number of anilines is 1. The Morgan fingerprint density at radius 1 is 1.02 bits per heavy atom. The highest BCUT2D eigenvalue weighted by atomic mass is 16.5. The topological polar surface area (TPSA) is 82.6 Å². The van der Waals surface area contributed by atoms with Crippen molar-refractivity contribution in [3.05, 3.63) is 100 Å². The maximum Gasteiger partial charge on any atom is 0.251 e. The van der Waals surface area contributed by atoms with Crippen LogP contribution in [0.2, 0.25) is 0 Å². The summed E-state index contributed by atoms with van der Waals surface area (Å²) >= 11 is 0. The molecule has 0 aromatic heterocycles. The van der Waals surface area contributed by atoms with Gasteiger partial charge in [-0.2, -0.15) is 0 Å². The van der Waals surface area contributed by atoms with Crippen LogP contribution in [0.15, 0.2) is 66.7 Å². The molecule has 0 saturated heterocycles. The molecule has 2 aliphatic rings. The molecule has 1 aliphatic heterocycles. The van der Waals surface area contributed by atoms with E-state index >= 15 is 0 Å². The van der Waals surface area contributed by atoms with Crippen LogP contribution in [-0.2, 0) is 29.7 Å². The maximum absolute atomic E-state index is 13.6. The number of nitrogens with one attached hydrogen (secondary N) is 3. The predicted octanol–water partition coefficient (Wildman–Crippen LogP) is 5.69. The van der Waals surface area contributed by atoms with Crippen molar-refractivity contribution in [3.63, 3.8) is 0 Å². The minimum absolute atomic E-state index is 0.106. The number of carbonyl (C=O) groups is 1. The number of rotatable bonds is 8. The summed E-state index contributed by atoms with van der Waals surface area (Å²) in [7, 11) is 1.66. The minimum atomic E-state index is -0.760. The molecule has 6 nitrogen and oxygen atoms in total. The minimum Gasteiger partial charge on any atom is -0.390 e. The average Bonchev–Trinajstić information content (AvgIpc) is 3.76. The van der Waals surface area contributed by atoms with Gasteiger partial charge >= 0.3 is 0 Å². The zero-order valence-electron chi connectivity index (χ0n) is 24.7. The fourth-order valence-electron chi connectivity index (χ4n) is 5.89. The van der Waals surface area contributed by atoms with Gasteiger partial charge < -0.3 is 25.8 Å². The molecule has 1 saturated carbocycles. The fraction of sp³-hybridized carbons (Fsp3) is 0.457. The molecule has 1 amide bonds. The number of ether oxygens (including phenoxy) is 1. The third-order valence-corrected chi connectivity index (χ3v) is 8.52. The van der Waals surface area contributed by atoms with Gasteiger partial charge in [-0.05, 0) is 90.5 Å². The maximum atomic E-state index is 13.6. The lowest BCUT2D eigenvalue weighted by atomic mass is 9.95. The molecule has 2 atom stereocenters. The normalized spacial score (nSPS) is 19.4. The van der Waals surface area contributed by atoms with Gasteiger partial charge in [0, 0.05) is 37.0 Å². The zero-order valence-corrected chi connectivity index (χ0v) is 24.7. The van der Waals surface area contributed by atoms with Gasteiger partial charge in [0.05, 0.1) is 18.8 Å². The number of methoxy groups -OCH3 is 1. The van der Waals surface area contributed by atoms with Crippen LogP contribution in [0.5, 0.6) is 0 Å². The van der Waals surface area contributed by atoms with Crippen LogP contribution < -0.4 is 16.0 Å². The molecule has 3 aromatic rings. The van der Waals surface area contributed by atoms with Gasteiger partial charge in [-0.15, -0.1) is 0 Å². The van der Waals surface area contributed by atoms with Gasteiger partial charge in [-0.1, -0.05) is 62.4 Å². The van der Waals surface area contributed by atoms with Crippen molar-refractivity contribution in [1.82, 2.24) is 10.6 Å². The Hall–Kier alpha value is -3.19. The van der Waals surface area contributed by atoms with E-state index in [0.717, 1.165) is 55.5 Å². The Morgan fingerprint density at radius 2 is 1.83 bits per heavy atom. The molecule has 6 heteroatoms.